The lowest BCUT2D eigenvalue weighted by atomic mass is 9.99. The second-order valence-electron chi connectivity index (χ2n) is 8.87. The van der Waals surface area contributed by atoms with Crippen molar-refractivity contribution in [3.8, 4) is 0 Å². The van der Waals surface area contributed by atoms with Gasteiger partial charge < -0.3 is 0 Å². The zero-order chi connectivity index (χ0) is 21.8. The molecule has 2 heterocycles. The molecule has 7 heteroatoms. The summed E-state index contributed by atoms with van der Waals surface area (Å²) in [5.74, 6) is 0.582. The van der Waals surface area contributed by atoms with Gasteiger partial charge in [0.05, 0.1) is 11.6 Å². The van der Waals surface area contributed by atoms with Crippen LogP contribution in [0.5, 0.6) is 0 Å². The molecule has 4 rings (SSSR count). The van der Waals surface area contributed by atoms with Crippen molar-refractivity contribution in [2.24, 2.45) is 0 Å². The molecular formula is C24H31FN6. The summed E-state index contributed by atoms with van der Waals surface area (Å²) in [6.45, 7) is 11.1. The Balaban J connectivity index is 1.58. The van der Waals surface area contributed by atoms with Crippen LogP contribution in [-0.4, -0.2) is 56.2 Å². The molecule has 1 saturated heterocycles. The third-order valence-electron chi connectivity index (χ3n) is 6.38. The molecule has 0 spiro atoms. The maximum absolute atomic E-state index is 13.7. The Morgan fingerprint density at radius 1 is 0.968 bits per heavy atom. The Hall–Kier alpha value is -2.64. The van der Waals surface area contributed by atoms with Crippen LogP contribution in [0.3, 0.4) is 0 Å². The van der Waals surface area contributed by atoms with Gasteiger partial charge in [-0.05, 0) is 54.0 Å². The largest absolute Gasteiger partial charge is 0.297 e. The third kappa shape index (κ3) is 4.83. The van der Waals surface area contributed by atoms with E-state index < -0.39 is 0 Å². The van der Waals surface area contributed by atoms with Gasteiger partial charge in [-0.25, -0.2) is 9.07 Å². The van der Waals surface area contributed by atoms with Crippen LogP contribution in [0.25, 0.3) is 0 Å². The molecule has 0 amide bonds. The summed E-state index contributed by atoms with van der Waals surface area (Å²) in [5.41, 5.74) is 2.15. The molecule has 31 heavy (non-hydrogen) atoms. The number of nitrogens with zero attached hydrogens (tertiary/aromatic N) is 6. The summed E-state index contributed by atoms with van der Waals surface area (Å²) in [4.78, 5) is 4.90. The molecule has 0 bridgehead atoms. The molecule has 1 aliphatic heterocycles. The van der Waals surface area contributed by atoms with Crippen molar-refractivity contribution in [3.05, 3.63) is 77.4 Å². The van der Waals surface area contributed by atoms with Gasteiger partial charge in [0.2, 0.25) is 0 Å². The second-order valence-corrected chi connectivity index (χ2v) is 8.87. The fourth-order valence-corrected chi connectivity index (χ4v) is 4.13. The molecule has 1 aliphatic rings. The number of benzene rings is 2. The minimum absolute atomic E-state index is 0.111. The predicted molar refractivity (Wildman–Crippen MR) is 119 cm³/mol. The van der Waals surface area contributed by atoms with Gasteiger partial charge in [0.25, 0.3) is 0 Å². The summed E-state index contributed by atoms with van der Waals surface area (Å²) in [7, 11) is 0. The number of piperazine rings is 1. The minimum Gasteiger partial charge on any atom is -0.297 e. The number of hydrogen-bond acceptors (Lipinski definition) is 5. The molecule has 6 nitrogen and oxygen atoms in total. The van der Waals surface area contributed by atoms with Gasteiger partial charge in [-0.3, -0.25) is 9.80 Å². The zero-order valence-corrected chi connectivity index (χ0v) is 18.6. The van der Waals surface area contributed by atoms with E-state index in [1.54, 1.807) is 0 Å². The average Bonchev–Trinajstić information content (AvgIpc) is 3.28. The maximum Gasteiger partial charge on any atom is 0.173 e. The highest BCUT2D eigenvalue weighted by molar-refractivity contribution is 5.26. The number of aromatic nitrogens is 4. The number of halogens is 1. The summed E-state index contributed by atoms with van der Waals surface area (Å²) >= 11 is 0. The summed E-state index contributed by atoms with van der Waals surface area (Å²) < 4.78 is 15.6. The van der Waals surface area contributed by atoms with E-state index in [0.717, 1.165) is 50.5 Å². The number of rotatable bonds is 7. The van der Waals surface area contributed by atoms with Crippen LogP contribution in [0, 0.1) is 5.82 Å². The first-order chi connectivity index (χ1) is 15.0. The van der Waals surface area contributed by atoms with Gasteiger partial charge in [0.1, 0.15) is 5.82 Å². The van der Waals surface area contributed by atoms with Gasteiger partial charge in [0, 0.05) is 32.7 Å². The monoisotopic (exact) mass is 422 g/mol. The maximum atomic E-state index is 13.7. The van der Waals surface area contributed by atoms with E-state index in [2.05, 4.69) is 76.4 Å². The number of hydrogen-bond donors (Lipinski definition) is 0. The molecule has 3 aromatic rings. The molecule has 0 N–H and O–H groups in total. The lowest BCUT2D eigenvalue weighted by Gasteiger charge is -2.39. The lowest BCUT2D eigenvalue weighted by Crippen LogP contribution is -2.48. The average molecular weight is 423 g/mol. The molecule has 0 aliphatic carbocycles. The molecule has 0 radical (unpaired) electrons. The Labute approximate surface area is 183 Å². The van der Waals surface area contributed by atoms with E-state index in [1.807, 2.05) is 16.8 Å². The fraction of sp³-hybridized carbons (Fsp3) is 0.458. The van der Waals surface area contributed by atoms with E-state index in [1.165, 1.54) is 17.7 Å². The fourth-order valence-electron chi connectivity index (χ4n) is 4.13. The molecule has 0 saturated carbocycles. The SMILES string of the molecule is CCC(C)(C)n1nnnc1C(c1ccc(F)cc1)N1CCN(Cc2ccccc2)CC1. The van der Waals surface area contributed by atoms with Gasteiger partial charge >= 0.3 is 0 Å². The van der Waals surface area contributed by atoms with Crippen molar-refractivity contribution in [3.63, 3.8) is 0 Å². The predicted octanol–water partition coefficient (Wildman–Crippen LogP) is 3.86. The van der Waals surface area contributed by atoms with E-state index in [4.69, 9.17) is 0 Å². The van der Waals surface area contributed by atoms with Gasteiger partial charge in [0.15, 0.2) is 5.82 Å². The smallest absolute Gasteiger partial charge is 0.173 e. The molecule has 1 aromatic heterocycles. The second kappa shape index (κ2) is 9.24. The standard InChI is InChI=1S/C24H31FN6/c1-4-24(2,3)31-23(26-27-28-31)22(20-10-12-21(25)13-11-20)30-16-14-29(15-17-30)18-19-8-6-5-7-9-19/h5-13,22H,4,14-18H2,1-3H3. The zero-order valence-electron chi connectivity index (χ0n) is 18.6. The summed E-state index contributed by atoms with van der Waals surface area (Å²) in [5, 5.41) is 12.8. The van der Waals surface area contributed by atoms with Gasteiger partial charge in [-0.15, -0.1) is 5.10 Å². The first-order valence-electron chi connectivity index (χ1n) is 11.0. The van der Waals surface area contributed by atoms with E-state index in [0.29, 0.717) is 0 Å². The molecule has 164 valence electrons. The Morgan fingerprint density at radius 2 is 1.65 bits per heavy atom. The van der Waals surface area contributed by atoms with Crippen molar-refractivity contribution in [2.45, 2.75) is 45.3 Å². The Kier molecular flexibility index (Phi) is 6.43. The highest BCUT2D eigenvalue weighted by Crippen LogP contribution is 2.31. The molecule has 2 aromatic carbocycles. The normalized spacial score (nSPS) is 17.0. The van der Waals surface area contributed by atoms with Crippen molar-refractivity contribution >= 4 is 0 Å². The lowest BCUT2D eigenvalue weighted by molar-refractivity contribution is 0.0972. The van der Waals surface area contributed by atoms with Gasteiger partial charge in [-0.2, -0.15) is 0 Å². The van der Waals surface area contributed by atoms with Crippen molar-refractivity contribution in [1.29, 1.82) is 0 Å². The van der Waals surface area contributed by atoms with Crippen LogP contribution in [0.1, 0.15) is 50.2 Å². The first-order valence-corrected chi connectivity index (χ1v) is 11.0. The molecule has 1 unspecified atom stereocenters. The minimum atomic E-state index is -0.233. The topological polar surface area (TPSA) is 50.1 Å². The van der Waals surface area contributed by atoms with Gasteiger partial charge in [-0.1, -0.05) is 49.4 Å². The third-order valence-corrected chi connectivity index (χ3v) is 6.38. The Bertz CT molecular complexity index is 961. The van der Waals surface area contributed by atoms with Crippen molar-refractivity contribution in [2.75, 3.05) is 26.2 Å². The molecular weight excluding hydrogens is 391 g/mol. The Morgan fingerprint density at radius 3 is 2.29 bits per heavy atom. The van der Waals surface area contributed by atoms with Crippen LogP contribution < -0.4 is 0 Å². The van der Waals surface area contributed by atoms with E-state index in [9.17, 15) is 4.39 Å². The van der Waals surface area contributed by atoms with Crippen LogP contribution in [0.2, 0.25) is 0 Å². The quantitative estimate of drug-likeness (QED) is 0.579. The van der Waals surface area contributed by atoms with Crippen LogP contribution >= 0.6 is 0 Å². The van der Waals surface area contributed by atoms with Crippen LogP contribution in [-0.2, 0) is 12.1 Å². The number of tetrazole rings is 1. The van der Waals surface area contributed by atoms with Crippen molar-refractivity contribution < 1.29 is 4.39 Å². The molecule has 1 atom stereocenters. The van der Waals surface area contributed by atoms with Crippen molar-refractivity contribution in [1.82, 2.24) is 30.0 Å². The van der Waals surface area contributed by atoms with Crippen LogP contribution in [0.15, 0.2) is 54.6 Å². The van der Waals surface area contributed by atoms with E-state index >= 15 is 0 Å². The molecule has 1 fully saturated rings. The first kappa shape index (κ1) is 21.6. The van der Waals surface area contributed by atoms with Crippen LogP contribution in [0.4, 0.5) is 4.39 Å². The van der Waals surface area contributed by atoms with E-state index in [-0.39, 0.29) is 17.4 Å². The highest BCUT2D eigenvalue weighted by Gasteiger charge is 2.34. The summed E-state index contributed by atoms with van der Waals surface area (Å²) in [6, 6.07) is 17.2. The highest BCUT2D eigenvalue weighted by atomic mass is 19.1. The summed E-state index contributed by atoms with van der Waals surface area (Å²) in [6.07, 6.45) is 0.909.